The number of hydrogen-bond acceptors (Lipinski definition) is 2. The van der Waals surface area contributed by atoms with E-state index < -0.39 is 0 Å². The lowest BCUT2D eigenvalue weighted by Gasteiger charge is -2.26. The minimum atomic E-state index is 0. The molecule has 1 amide bonds. The topological polar surface area (TPSA) is 32.3 Å². The van der Waals surface area contributed by atoms with E-state index in [1.165, 1.54) is 12.8 Å². The highest BCUT2D eigenvalue weighted by molar-refractivity contribution is 5.85. The molecular formula is C15H31ClN2O. The molecule has 0 aromatic carbocycles. The predicted octanol–water partition coefficient (Wildman–Crippen LogP) is 3.08. The highest BCUT2D eigenvalue weighted by Crippen LogP contribution is 2.18. The van der Waals surface area contributed by atoms with E-state index in [0.29, 0.717) is 11.8 Å². The average Bonchev–Trinajstić information content (AvgIpc) is 2.42. The Labute approximate surface area is 124 Å². The van der Waals surface area contributed by atoms with Gasteiger partial charge in [0.05, 0.1) is 0 Å². The van der Waals surface area contributed by atoms with E-state index in [0.717, 1.165) is 51.4 Å². The van der Waals surface area contributed by atoms with Gasteiger partial charge in [0.1, 0.15) is 0 Å². The molecule has 0 aliphatic carbocycles. The van der Waals surface area contributed by atoms with Crippen LogP contribution in [-0.2, 0) is 4.79 Å². The zero-order valence-electron chi connectivity index (χ0n) is 12.8. The Bertz CT molecular complexity index is 242. The van der Waals surface area contributed by atoms with Gasteiger partial charge in [-0.25, -0.2) is 0 Å². The van der Waals surface area contributed by atoms with Crippen molar-refractivity contribution >= 4 is 18.3 Å². The lowest BCUT2D eigenvalue weighted by Crippen LogP contribution is -2.35. The van der Waals surface area contributed by atoms with Gasteiger partial charge in [0, 0.05) is 19.5 Å². The van der Waals surface area contributed by atoms with Gasteiger partial charge in [0.25, 0.3) is 0 Å². The molecule has 0 bridgehead atoms. The molecule has 1 fully saturated rings. The molecule has 19 heavy (non-hydrogen) atoms. The maximum absolute atomic E-state index is 12.2. The molecule has 1 atom stereocenters. The summed E-state index contributed by atoms with van der Waals surface area (Å²) >= 11 is 0. The number of nitrogens with zero attached hydrogens (tertiary/aromatic N) is 1. The van der Waals surface area contributed by atoms with Gasteiger partial charge in [-0.3, -0.25) is 4.79 Å². The largest absolute Gasteiger partial charge is 0.343 e. The van der Waals surface area contributed by atoms with Crippen molar-refractivity contribution < 1.29 is 4.79 Å². The van der Waals surface area contributed by atoms with Crippen LogP contribution in [0.15, 0.2) is 0 Å². The fraction of sp³-hybridized carbons (Fsp3) is 0.933. The SMILES string of the molecule is CCC(C)CN(CC)C(=O)CCC1CCNCC1.Cl. The highest BCUT2D eigenvalue weighted by atomic mass is 35.5. The highest BCUT2D eigenvalue weighted by Gasteiger charge is 2.18. The number of nitrogens with one attached hydrogen (secondary N) is 1. The summed E-state index contributed by atoms with van der Waals surface area (Å²) in [4.78, 5) is 14.2. The van der Waals surface area contributed by atoms with E-state index in [2.05, 4.69) is 26.1 Å². The minimum Gasteiger partial charge on any atom is -0.343 e. The molecule has 1 saturated heterocycles. The molecule has 0 aromatic rings. The van der Waals surface area contributed by atoms with Crippen LogP contribution in [0.1, 0.15) is 52.9 Å². The Hall–Kier alpha value is -0.280. The Morgan fingerprint density at radius 1 is 1.32 bits per heavy atom. The van der Waals surface area contributed by atoms with Gasteiger partial charge in [-0.1, -0.05) is 20.3 Å². The summed E-state index contributed by atoms with van der Waals surface area (Å²) < 4.78 is 0. The molecule has 1 N–H and O–H groups in total. The van der Waals surface area contributed by atoms with E-state index in [4.69, 9.17) is 0 Å². The van der Waals surface area contributed by atoms with E-state index in [1.807, 2.05) is 4.90 Å². The van der Waals surface area contributed by atoms with Crippen molar-refractivity contribution in [2.24, 2.45) is 11.8 Å². The van der Waals surface area contributed by atoms with Crippen molar-refractivity contribution in [3.05, 3.63) is 0 Å². The number of piperidine rings is 1. The van der Waals surface area contributed by atoms with Crippen molar-refractivity contribution in [1.29, 1.82) is 0 Å². The summed E-state index contributed by atoms with van der Waals surface area (Å²) in [7, 11) is 0. The van der Waals surface area contributed by atoms with Gasteiger partial charge in [-0.05, 0) is 51.1 Å². The zero-order valence-corrected chi connectivity index (χ0v) is 13.6. The van der Waals surface area contributed by atoms with Crippen molar-refractivity contribution in [2.75, 3.05) is 26.2 Å². The van der Waals surface area contributed by atoms with Gasteiger partial charge >= 0.3 is 0 Å². The van der Waals surface area contributed by atoms with Crippen LogP contribution in [0.4, 0.5) is 0 Å². The second-order valence-corrected chi connectivity index (χ2v) is 5.68. The fourth-order valence-electron chi connectivity index (χ4n) is 2.57. The molecule has 114 valence electrons. The van der Waals surface area contributed by atoms with E-state index in [1.54, 1.807) is 0 Å². The quantitative estimate of drug-likeness (QED) is 0.781. The molecule has 1 heterocycles. The summed E-state index contributed by atoms with van der Waals surface area (Å²) in [5.74, 6) is 1.74. The van der Waals surface area contributed by atoms with Crippen molar-refractivity contribution in [3.8, 4) is 0 Å². The smallest absolute Gasteiger partial charge is 0.222 e. The Morgan fingerprint density at radius 3 is 2.47 bits per heavy atom. The van der Waals surface area contributed by atoms with E-state index >= 15 is 0 Å². The molecule has 3 nitrogen and oxygen atoms in total. The maximum atomic E-state index is 12.2. The van der Waals surface area contributed by atoms with Crippen LogP contribution in [-0.4, -0.2) is 37.0 Å². The number of carbonyl (C=O) groups is 1. The summed E-state index contributed by atoms with van der Waals surface area (Å²) in [6.45, 7) is 10.5. The zero-order chi connectivity index (χ0) is 13.4. The number of halogens is 1. The number of carbonyl (C=O) groups excluding carboxylic acids is 1. The monoisotopic (exact) mass is 290 g/mol. The van der Waals surface area contributed by atoms with E-state index in [-0.39, 0.29) is 12.4 Å². The third-order valence-corrected chi connectivity index (χ3v) is 4.19. The van der Waals surface area contributed by atoms with Crippen LogP contribution in [0.25, 0.3) is 0 Å². The van der Waals surface area contributed by atoms with Crippen LogP contribution in [0.3, 0.4) is 0 Å². The van der Waals surface area contributed by atoms with Crippen LogP contribution >= 0.6 is 12.4 Å². The normalized spacial score (nSPS) is 17.6. The molecular weight excluding hydrogens is 260 g/mol. The molecule has 1 rings (SSSR count). The Balaban J connectivity index is 0.00000324. The first kappa shape index (κ1) is 18.7. The van der Waals surface area contributed by atoms with Crippen molar-refractivity contribution in [1.82, 2.24) is 10.2 Å². The molecule has 4 heteroatoms. The van der Waals surface area contributed by atoms with Crippen molar-refractivity contribution in [2.45, 2.75) is 52.9 Å². The molecule has 1 aliphatic heterocycles. The first-order chi connectivity index (χ1) is 8.67. The molecule has 1 aliphatic rings. The summed E-state index contributed by atoms with van der Waals surface area (Å²) in [5, 5.41) is 3.37. The number of hydrogen-bond donors (Lipinski definition) is 1. The van der Waals surface area contributed by atoms with Crippen LogP contribution in [0.2, 0.25) is 0 Å². The van der Waals surface area contributed by atoms with Gasteiger partial charge in [-0.2, -0.15) is 0 Å². The Morgan fingerprint density at radius 2 is 1.95 bits per heavy atom. The predicted molar refractivity (Wildman–Crippen MR) is 83.8 cm³/mol. The van der Waals surface area contributed by atoms with Gasteiger partial charge in [0.2, 0.25) is 5.91 Å². The first-order valence-corrected chi connectivity index (χ1v) is 7.65. The number of amides is 1. The molecule has 0 aromatic heterocycles. The number of rotatable bonds is 7. The summed E-state index contributed by atoms with van der Waals surface area (Å²) in [5.41, 5.74) is 0. The Kier molecular flexibility index (Phi) is 10.3. The van der Waals surface area contributed by atoms with E-state index in [9.17, 15) is 4.79 Å². The van der Waals surface area contributed by atoms with Crippen LogP contribution in [0.5, 0.6) is 0 Å². The molecule has 0 radical (unpaired) electrons. The summed E-state index contributed by atoms with van der Waals surface area (Å²) in [6.07, 6.45) is 5.46. The lowest BCUT2D eigenvalue weighted by atomic mass is 9.93. The van der Waals surface area contributed by atoms with Crippen molar-refractivity contribution in [3.63, 3.8) is 0 Å². The standard InChI is InChI=1S/C15H30N2O.ClH/c1-4-13(3)12-17(5-2)15(18)7-6-14-8-10-16-11-9-14;/h13-14,16H,4-12H2,1-3H3;1H. The molecule has 0 spiro atoms. The third-order valence-electron chi connectivity index (χ3n) is 4.19. The van der Waals surface area contributed by atoms with Crippen LogP contribution in [0, 0.1) is 11.8 Å². The summed E-state index contributed by atoms with van der Waals surface area (Å²) in [6, 6.07) is 0. The minimum absolute atomic E-state index is 0. The second kappa shape index (κ2) is 10.5. The van der Waals surface area contributed by atoms with Crippen LogP contribution < -0.4 is 5.32 Å². The second-order valence-electron chi connectivity index (χ2n) is 5.68. The molecule has 1 unspecified atom stereocenters. The lowest BCUT2D eigenvalue weighted by molar-refractivity contribution is -0.132. The molecule has 0 saturated carbocycles. The average molecular weight is 291 g/mol. The van der Waals surface area contributed by atoms with Gasteiger partial charge in [-0.15, -0.1) is 12.4 Å². The maximum Gasteiger partial charge on any atom is 0.222 e. The fourth-order valence-corrected chi connectivity index (χ4v) is 2.57. The first-order valence-electron chi connectivity index (χ1n) is 7.65. The third kappa shape index (κ3) is 7.17. The van der Waals surface area contributed by atoms with Gasteiger partial charge < -0.3 is 10.2 Å². The van der Waals surface area contributed by atoms with Gasteiger partial charge in [0.15, 0.2) is 0 Å².